The maximum atomic E-state index is 14.2. The number of anilines is 1. The summed E-state index contributed by atoms with van der Waals surface area (Å²) in [6.45, 7) is 4.32. The van der Waals surface area contributed by atoms with Gasteiger partial charge in [-0.25, -0.2) is 14.2 Å². The average Bonchev–Trinajstić information content (AvgIpc) is 3.58. The van der Waals surface area contributed by atoms with Crippen molar-refractivity contribution in [3.8, 4) is 5.75 Å². The van der Waals surface area contributed by atoms with Crippen LogP contribution in [0.3, 0.4) is 0 Å². The van der Waals surface area contributed by atoms with Gasteiger partial charge in [-0.05, 0) is 60.9 Å². The van der Waals surface area contributed by atoms with E-state index in [4.69, 9.17) is 10.5 Å². The maximum absolute atomic E-state index is 14.2. The number of urea groups is 1. The molecule has 3 N–H and O–H groups in total. The van der Waals surface area contributed by atoms with Crippen LogP contribution in [-0.4, -0.2) is 81.1 Å². The van der Waals surface area contributed by atoms with Crippen LogP contribution in [0.5, 0.6) is 5.75 Å². The van der Waals surface area contributed by atoms with Crippen molar-refractivity contribution < 1.29 is 23.5 Å². The Bertz CT molecular complexity index is 1750. The summed E-state index contributed by atoms with van der Waals surface area (Å²) < 4.78 is 19.6. The summed E-state index contributed by atoms with van der Waals surface area (Å²) in [6, 6.07) is 17.6. The fraction of sp³-hybridized carbons (Fsp3) is 0.333. The molecule has 0 aliphatic carbocycles. The van der Waals surface area contributed by atoms with E-state index in [1.54, 1.807) is 39.1 Å². The highest BCUT2D eigenvalue weighted by Gasteiger charge is 2.52. The molecule has 0 saturated carbocycles. The molecule has 0 bridgehead atoms. The van der Waals surface area contributed by atoms with Crippen LogP contribution in [0.1, 0.15) is 30.5 Å². The molecule has 4 amide bonds. The van der Waals surface area contributed by atoms with Crippen LogP contribution in [0.4, 0.5) is 14.3 Å². The van der Waals surface area contributed by atoms with Crippen LogP contribution in [0.15, 0.2) is 66.7 Å². The number of fused-ring (bicyclic) bond motifs is 2. The van der Waals surface area contributed by atoms with Crippen LogP contribution in [0, 0.1) is 5.82 Å². The van der Waals surface area contributed by atoms with E-state index in [2.05, 4.69) is 10.3 Å². The van der Waals surface area contributed by atoms with Crippen molar-refractivity contribution in [1.29, 1.82) is 0 Å². The molecule has 2 aliphatic heterocycles. The molecule has 3 heterocycles. The van der Waals surface area contributed by atoms with Gasteiger partial charge in [-0.3, -0.25) is 14.6 Å². The lowest BCUT2D eigenvalue weighted by molar-refractivity contribution is -0.158. The number of carbonyl (C=O) groups excluding carboxylic acids is 3. The number of nitrogens with zero attached hydrogens (tertiary/aromatic N) is 5. The fourth-order valence-corrected chi connectivity index (χ4v) is 7.00. The zero-order chi connectivity index (χ0) is 32.5. The van der Waals surface area contributed by atoms with Crippen LogP contribution in [0.2, 0.25) is 0 Å². The highest BCUT2D eigenvalue weighted by atomic mass is 32.1. The minimum absolute atomic E-state index is 0.0642. The fourth-order valence-electron chi connectivity index (χ4n) is 6.21. The van der Waals surface area contributed by atoms with Crippen molar-refractivity contribution in [2.75, 3.05) is 25.9 Å². The van der Waals surface area contributed by atoms with Gasteiger partial charge in [-0.15, -0.1) is 0 Å². The number of amides is 4. The summed E-state index contributed by atoms with van der Waals surface area (Å²) in [5, 5.41) is 6.67. The number of rotatable bonds is 9. The molecule has 2 saturated heterocycles. The normalized spacial score (nSPS) is 18.4. The molecule has 46 heavy (non-hydrogen) atoms. The van der Waals surface area contributed by atoms with Crippen molar-refractivity contribution in [3.05, 3.63) is 89.2 Å². The lowest BCUT2D eigenvalue weighted by Gasteiger charge is -2.47. The van der Waals surface area contributed by atoms with E-state index in [-0.39, 0.29) is 49.9 Å². The third-order valence-electron chi connectivity index (χ3n) is 8.37. The number of nitrogens with one attached hydrogen (secondary N) is 1. The predicted octanol–water partition coefficient (Wildman–Crippen LogP) is 3.99. The molecule has 0 unspecified atom stereocenters. The second-order valence-electron chi connectivity index (χ2n) is 11.7. The molecule has 2 fully saturated rings. The Kier molecular flexibility index (Phi) is 8.78. The first-order valence-corrected chi connectivity index (χ1v) is 15.9. The van der Waals surface area contributed by atoms with E-state index in [9.17, 15) is 18.8 Å². The number of methoxy groups -OCH3 is 1. The SMILES string of the molecule is COc1ccc(C[C@H]2C(=O)N(Cc3cccc4sc(N)nc34)C[C@H]3N2C(=O)CN3N(C(=O)NCc2ccc(F)cc2)C(C)C)cc1. The summed E-state index contributed by atoms with van der Waals surface area (Å²) in [5.41, 5.74) is 9.23. The molecule has 2 aliphatic rings. The quantitative estimate of drug-likeness (QED) is 0.282. The molecular formula is C33H36FN7O4S. The number of hydrogen-bond donors (Lipinski definition) is 2. The zero-order valence-electron chi connectivity index (χ0n) is 25.9. The average molecular weight is 646 g/mol. The predicted molar refractivity (Wildman–Crippen MR) is 173 cm³/mol. The summed E-state index contributed by atoms with van der Waals surface area (Å²) in [6.07, 6.45) is -0.297. The Balaban J connectivity index is 1.31. The van der Waals surface area contributed by atoms with Gasteiger partial charge in [-0.2, -0.15) is 5.01 Å². The van der Waals surface area contributed by atoms with Crippen molar-refractivity contribution in [2.24, 2.45) is 0 Å². The molecule has 3 aromatic carbocycles. The molecule has 1 aromatic heterocycles. The number of para-hydroxylation sites is 1. The lowest BCUT2D eigenvalue weighted by atomic mass is 9.99. The number of nitrogens with two attached hydrogens (primary N) is 1. The standard InChI is InChI=1S/C33H36FN7O4S/c1-20(2)41(33(44)36-16-22-7-11-24(34)12-8-22)39-19-29(42)40-26(15-21-9-13-25(45-3)14-10-21)31(43)38(18-28(39)40)17-23-5-4-6-27-30(23)37-32(35)46-27/h4-14,20,26,28H,15-19H2,1-3H3,(H2,35,37)(H,36,44)/t26-,28+/m0/s1. The van der Waals surface area contributed by atoms with Gasteiger partial charge in [0, 0.05) is 25.6 Å². The number of aromatic nitrogens is 1. The number of benzene rings is 3. The first-order chi connectivity index (χ1) is 22.1. The van der Waals surface area contributed by atoms with Crippen LogP contribution in [-0.2, 0) is 29.1 Å². The van der Waals surface area contributed by atoms with Crippen molar-refractivity contribution >= 4 is 44.5 Å². The molecule has 13 heteroatoms. The number of halogens is 1. The van der Waals surface area contributed by atoms with Crippen LogP contribution < -0.4 is 15.8 Å². The monoisotopic (exact) mass is 645 g/mol. The number of carbonyl (C=O) groups is 3. The van der Waals surface area contributed by atoms with Gasteiger partial charge in [0.25, 0.3) is 0 Å². The topological polar surface area (TPSA) is 124 Å². The number of piperazine rings is 1. The van der Waals surface area contributed by atoms with Crippen LogP contribution in [0.25, 0.3) is 10.2 Å². The minimum atomic E-state index is -0.791. The van der Waals surface area contributed by atoms with Gasteiger partial charge >= 0.3 is 6.03 Å². The largest absolute Gasteiger partial charge is 0.497 e. The zero-order valence-corrected chi connectivity index (χ0v) is 26.7. The summed E-state index contributed by atoms with van der Waals surface area (Å²) in [7, 11) is 1.59. The molecular weight excluding hydrogens is 609 g/mol. The molecule has 6 rings (SSSR count). The third kappa shape index (κ3) is 6.20. The molecule has 2 atom stereocenters. The smallest absolute Gasteiger partial charge is 0.332 e. The van der Waals surface area contributed by atoms with E-state index >= 15 is 0 Å². The highest BCUT2D eigenvalue weighted by Crippen LogP contribution is 2.33. The lowest BCUT2D eigenvalue weighted by Crippen LogP contribution is -2.66. The van der Waals surface area contributed by atoms with Gasteiger partial charge in [0.05, 0.1) is 30.4 Å². The number of thiazole rings is 1. The maximum Gasteiger partial charge on any atom is 0.332 e. The van der Waals surface area contributed by atoms with Gasteiger partial charge in [0.15, 0.2) is 5.13 Å². The van der Waals surface area contributed by atoms with E-state index in [0.29, 0.717) is 17.3 Å². The van der Waals surface area contributed by atoms with Crippen molar-refractivity contribution in [3.63, 3.8) is 0 Å². The molecule has 240 valence electrons. The number of hydrogen-bond acceptors (Lipinski definition) is 8. The number of hydrazine groups is 1. The number of ether oxygens (including phenoxy) is 1. The van der Waals surface area contributed by atoms with Gasteiger partial charge in [-0.1, -0.05) is 47.7 Å². The Hall–Kier alpha value is -4.75. The molecule has 11 nitrogen and oxygen atoms in total. The highest BCUT2D eigenvalue weighted by molar-refractivity contribution is 7.22. The Morgan fingerprint density at radius 1 is 1.11 bits per heavy atom. The van der Waals surface area contributed by atoms with E-state index in [1.165, 1.54) is 23.5 Å². The first-order valence-electron chi connectivity index (χ1n) is 15.1. The van der Waals surface area contributed by atoms with E-state index in [0.717, 1.165) is 26.9 Å². The van der Waals surface area contributed by atoms with Crippen LogP contribution >= 0.6 is 11.3 Å². The second-order valence-corrected chi connectivity index (χ2v) is 12.8. The molecule has 0 radical (unpaired) electrons. The summed E-state index contributed by atoms with van der Waals surface area (Å²) >= 11 is 1.39. The Morgan fingerprint density at radius 3 is 2.52 bits per heavy atom. The summed E-state index contributed by atoms with van der Waals surface area (Å²) in [4.78, 5) is 49.6. The van der Waals surface area contributed by atoms with Gasteiger partial charge < -0.3 is 25.6 Å². The van der Waals surface area contributed by atoms with Gasteiger partial charge in [0.2, 0.25) is 11.8 Å². The molecule has 4 aromatic rings. The van der Waals surface area contributed by atoms with Gasteiger partial charge in [0.1, 0.15) is 23.8 Å². The minimum Gasteiger partial charge on any atom is -0.497 e. The van der Waals surface area contributed by atoms with Crippen molar-refractivity contribution in [1.82, 2.24) is 30.1 Å². The Labute approximate surface area is 270 Å². The molecule has 0 spiro atoms. The van der Waals surface area contributed by atoms with E-state index in [1.807, 2.05) is 56.3 Å². The van der Waals surface area contributed by atoms with E-state index < -0.39 is 18.2 Å². The Morgan fingerprint density at radius 2 is 1.83 bits per heavy atom. The second kappa shape index (κ2) is 12.9. The number of nitrogen functional groups attached to an aromatic ring is 1. The third-order valence-corrected chi connectivity index (χ3v) is 9.22. The first kappa shape index (κ1) is 31.2. The van der Waals surface area contributed by atoms with Crippen molar-refractivity contribution in [2.45, 2.75) is 51.6 Å². The summed E-state index contributed by atoms with van der Waals surface area (Å²) in [5.74, 6) is -0.0802.